The fourth-order valence-electron chi connectivity index (χ4n) is 2.18. The van der Waals surface area contributed by atoms with E-state index in [2.05, 4.69) is 54.5 Å². The first-order chi connectivity index (χ1) is 12.3. The third-order valence-electron chi connectivity index (χ3n) is 3.37. The lowest BCUT2D eigenvalue weighted by atomic mass is 10.1. The average molecular weight is 334 g/mol. The highest BCUT2D eigenvalue weighted by atomic mass is 16.1. The van der Waals surface area contributed by atoms with E-state index in [4.69, 9.17) is 4.79 Å². The monoisotopic (exact) mass is 334 g/mol. The highest BCUT2D eigenvalue weighted by Gasteiger charge is 1.98. The minimum absolute atomic E-state index is 0.805. The number of hydrogen-bond acceptors (Lipinski definition) is 2. The van der Waals surface area contributed by atoms with Crippen molar-refractivity contribution in [2.45, 2.75) is 27.3 Å². The number of rotatable bonds is 4. The number of nitrogens with zero attached hydrogens (tertiary/aromatic N) is 2. The van der Waals surface area contributed by atoms with Gasteiger partial charge in [0.1, 0.15) is 6.79 Å². The Kier molecular flexibility index (Phi) is 9.31. The van der Waals surface area contributed by atoms with E-state index in [1.165, 1.54) is 16.7 Å². The summed E-state index contributed by atoms with van der Waals surface area (Å²) in [6.45, 7) is 8.91. The second-order valence-electron chi connectivity index (χ2n) is 5.17. The summed E-state index contributed by atoms with van der Waals surface area (Å²) in [5.74, 6) is 0. The molecule has 0 aliphatic rings. The molecule has 130 valence electrons. The minimum Gasteiger partial charge on any atom is -0.307 e. The van der Waals surface area contributed by atoms with Crippen molar-refractivity contribution in [2.75, 3.05) is 0 Å². The average Bonchev–Trinajstić information content (AvgIpc) is 3.13. The largest absolute Gasteiger partial charge is 0.307 e. The van der Waals surface area contributed by atoms with Crippen molar-refractivity contribution in [3.63, 3.8) is 0 Å². The van der Waals surface area contributed by atoms with Gasteiger partial charge in [0.25, 0.3) is 0 Å². The van der Waals surface area contributed by atoms with Gasteiger partial charge in [0.2, 0.25) is 0 Å². The van der Waals surface area contributed by atoms with E-state index in [9.17, 15) is 0 Å². The SMILES string of the molecule is C=O.CC.Cc1ccc(Cn2ccc(/C=C/c3ccccc3)n2)cc1. The van der Waals surface area contributed by atoms with Crippen LogP contribution in [0.1, 0.15) is 36.2 Å². The van der Waals surface area contributed by atoms with Crippen LogP contribution >= 0.6 is 0 Å². The maximum Gasteiger partial charge on any atom is 0.106 e. The van der Waals surface area contributed by atoms with Gasteiger partial charge in [-0.05, 0) is 30.2 Å². The summed E-state index contributed by atoms with van der Waals surface area (Å²) in [7, 11) is 0. The molecule has 0 unspecified atom stereocenters. The molecule has 0 atom stereocenters. The molecular formula is C22H26N2O. The number of carbonyl (C=O) groups is 1. The van der Waals surface area contributed by atoms with Gasteiger partial charge in [-0.3, -0.25) is 4.68 Å². The van der Waals surface area contributed by atoms with Crippen molar-refractivity contribution >= 4 is 18.9 Å². The molecule has 0 saturated carbocycles. The third-order valence-corrected chi connectivity index (χ3v) is 3.37. The molecule has 2 aromatic carbocycles. The fraction of sp³-hybridized carbons (Fsp3) is 0.182. The molecule has 25 heavy (non-hydrogen) atoms. The van der Waals surface area contributed by atoms with E-state index < -0.39 is 0 Å². The summed E-state index contributed by atoms with van der Waals surface area (Å²) in [6, 6.07) is 20.9. The van der Waals surface area contributed by atoms with E-state index in [0.29, 0.717) is 0 Å². The van der Waals surface area contributed by atoms with Crippen LogP contribution in [0.25, 0.3) is 12.2 Å². The van der Waals surface area contributed by atoms with Crippen molar-refractivity contribution in [3.05, 3.63) is 89.2 Å². The van der Waals surface area contributed by atoms with Gasteiger partial charge < -0.3 is 4.79 Å². The molecule has 0 amide bonds. The van der Waals surface area contributed by atoms with Crippen LogP contribution in [0.3, 0.4) is 0 Å². The van der Waals surface area contributed by atoms with Crippen molar-refractivity contribution in [1.29, 1.82) is 0 Å². The zero-order chi connectivity index (χ0) is 18.5. The Balaban J connectivity index is 0.000000730. The van der Waals surface area contributed by atoms with E-state index in [0.717, 1.165) is 12.2 Å². The van der Waals surface area contributed by atoms with Crippen molar-refractivity contribution in [2.24, 2.45) is 0 Å². The van der Waals surface area contributed by atoms with Gasteiger partial charge in [-0.25, -0.2) is 0 Å². The highest BCUT2D eigenvalue weighted by molar-refractivity contribution is 5.67. The lowest BCUT2D eigenvalue weighted by Crippen LogP contribution is -2.00. The summed E-state index contributed by atoms with van der Waals surface area (Å²) < 4.78 is 1.97. The summed E-state index contributed by atoms with van der Waals surface area (Å²) >= 11 is 0. The molecule has 3 nitrogen and oxygen atoms in total. The van der Waals surface area contributed by atoms with E-state index in [1.807, 2.05) is 61.9 Å². The second-order valence-corrected chi connectivity index (χ2v) is 5.17. The number of aromatic nitrogens is 2. The predicted molar refractivity (Wildman–Crippen MR) is 106 cm³/mol. The highest BCUT2D eigenvalue weighted by Crippen LogP contribution is 2.08. The maximum atomic E-state index is 8.00. The first-order valence-corrected chi connectivity index (χ1v) is 8.41. The Bertz CT molecular complexity index is 743. The molecule has 0 bridgehead atoms. The second kappa shape index (κ2) is 11.6. The zero-order valence-electron chi connectivity index (χ0n) is 15.2. The molecule has 3 aromatic rings. The predicted octanol–water partition coefficient (Wildman–Crippen LogP) is 5.25. The Hall–Kier alpha value is -2.94. The number of carbonyl (C=O) groups excluding carboxylic acids is 1. The van der Waals surface area contributed by atoms with Gasteiger partial charge in [-0.1, -0.05) is 80.1 Å². The Morgan fingerprint density at radius 3 is 2.20 bits per heavy atom. The standard InChI is InChI=1S/C19H18N2.C2H6.CH2O/c1-16-7-9-18(10-8-16)15-21-14-13-19(20-21)12-11-17-5-3-2-4-6-17;2*1-2/h2-14H,15H2,1H3;1-2H3;1H2/b12-11+;;. The Labute approximate surface area is 150 Å². The molecule has 1 aromatic heterocycles. The molecule has 0 spiro atoms. The molecule has 1 heterocycles. The van der Waals surface area contributed by atoms with Crippen LogP contribution in [0.5, 0.6) is 0 Å². The Morgan fingerprint density at radius 2 is 1.56 bits per heavy atom. The molecule has 3 heteroatoms. The first kappa shape index (κ1) is 20.1. The Morgan fingerprint density at radius 1 is 0.920 bits per heavy atom. The van der Waals surface area contributed by atoms with Gasteiger partial charge in [-0.2, -0.15) is 5.10 Å². The van der Waals surface area contributed by atoms with Crippen LogP contribution in [0.15, 0.2) is 66.9 Å². The molecule has 0 aliphatic heterocycles. The molecule has 0 fully saturated rings. The maximum absolute atomic E-state index is 8.00. The van der Waals surface area contributed by atoms with Gasteiger partial charge in [-0.15, -0.1) is 0 Å². The molecule has 0 radical (unpaired) electrons. The first-order valence-electron chi connectivity index (χ1n) is 8.41. The van der Waals surface area contributed by atoms with E-state index >= 15 is 0 Å². The topological polar surface area (TPSA) is 34.9 Å². The summed E-state index contributed by atoms with van der Waals surface area (Å²) in [5.41, 5.74) is 4.71. The van der Waals surface area contributed by atoms with Gasteiger partial charge in [0.15, 0.2) is 0 Å². The van der Waals surface area contributed by atoms with Crippen molar-refractivity contribution in [1.82, 2.24) is 9.78 Å². The summed E-state index contributed by atoms with van der Waals surface area (Å²) in [5, 5.41) is 4.57. The quantitative estimate of drug-likeness (QED) is 0.653. The van der Waals surface area contributed by atoms with Gasteiger partial charge >= 0.3 is 0 Å². The van der Waals surface area contributed by atoms with Crippen molar-refractivity contribution < 1.29 is 4.79 Å². The molecular weight excluding hydrogens is 308 g/mol. The van der Waals surface area contributed by atoms with E-state index in [-0.39, 0.29) is 0 Å². The molecule has 0 N–H and O–H groups in total. The van der Waals surface area contributed by atoms with Crippen LogP contribution < -0.4 is 0 Å². The minimum atomic E-state index is 0.805. The molecule has 0 saturated heterocycles. The van der Waals surface area contributed by atoms with Crippen LogP contribution in [-0.2, 0) is 11.3 Å². The number of aryl methyl sites for hydroxylation is 1. The van der Waals surface area contributed by atoms with Gasteiger partial charge in [0, 0.05) is 6.20 Å². The summed E-state index contributed by atoms with van der Waals surface area (Å²) in [6.07, 6.45) is 6.14. The third kappa shape index (κ3) is 7.00. The van der Waals surface area contributed by atoms with Crippen molar-refractivity contribution in [3.8, 4) is 0 Å². The fourth-order valence-corrected chi connectivity index (χ4v) is 2.18. The lowest BCUT2D eigenvalue weighted by Gasteiger charge is -2.02. The zero-order valence-corrected chi connectivity index (χ0v) is 15.2. The number of benzene rings is 2. The smallest absolute Gasteiger partial charge is 0.106 e. The van der Waals surface area contributed by atoms with E-state index in [1.54, 1.807) is 0 Å². The number of hydrogen-bond donors (Lipinski definition) is 0. The van der Waals surface area contributed by atoms with Crippen LogP contribution in [0, 0.1) is 6.92 Å². The summed E-state index contributed by atoms with van der Waals surface area (Å²) in [4.78, 5) is 8.00. The molecule has 0 aliphatic carbocycles. The van der Waals surface area contributed by atoms with Crippen LogP contribution in [0.2, 0.25) is 0 Å². The normalized spacial score (nSPS) is 9.72. The lowest BCUT2D eigenvalue weighted by molar-refractivity contribution is -0.0979. The van der Waals surface area contributed by atoms with Crippen LogP contribution in [0.4, 0.5) is 0 Å². The van der Waals surface area contributed by atoms with Crippen LogP contribution in [-0.4, -0.2) is 16.6 Å². The molecule has 3 rings (SSSR count). The van der Waals surface area contributed by atoms with Gasteiger partial charge in [0.05, 0.1) is 12.2 Å².